The normalized spacial score (nSPS) is 17.7. The third kappa shape index (κ3) is 3.05. The van der Waals surface area contributed by atoms with Gasteiger partial charge in [-0.2, -0.15) is 0 Å². The van der Waals surface area contributed by atoms with Gasteiger partial charge in [-0.05, 0) is 54.8 Å². The van der Waals surface area contributed by atoms with Crippen LogP contribution in [0.3, 0.4) is 0 Å². The van der Waals surface area contributed by atoms with E-state index in [-0.39, 0.29) is 0 Å². The van der Waals surface area contributed by atoms with Crippen molar-refractivity contribution in [1.29, 1.82) is 0 Å². The molecule has 0 radical (unpaired) electrons. The van der Waals surface area contributed by atoms with Gasteiger partial charge in [0.05, 0.1) is 7.11 Å². The van der Waals surface area contributed by atoms with Crippen molar-refractivity contribution in [2.75, 3.05) is 7.11 Å². The molecule has 1 aliphatic rings. The lowest BCUT2D eigenvalue weighted by Gasteiger charge is -2.23. The minimum Gasteiger partial charge on any atom is -0.497 e. The highest BCUT2D eigenvalue weighted by Gasteiger charge is 2.33. The first kappa shape index (κ1) is 13.7. The Morgan fingerprint density at radius 1 is 1.25 bits per heavy atom. The van der Waals surface area contributed by atoms with E-state index in [0.717, 1.165) is 11.7 Å². The van der Waals surface area contributed by atoms with E-state index in [4.69, 9.17) is 4.74 Å². The first-order valence-corrected chi connectivity index (χ1v) is 8.09. The van der Waals surface area contributed by atoms with E-state index in [1.807, 2.05) is 17.4 Å². The Morgan fingerprint density at radius 2 is 2.10 bits per heavy atom. The molecule has 1 fully saturated rings. The van der Waals surface area contributed by atoms with Crippen LogP contribution in [0.1, 0.15) is 42.3 Å². The van der Waals surface area contributed by atoms with Gasteiger partial charge in [0.25, 0.3) is 0 Å². The maximum absolute atomic E-state index is 5.32. The Labute approximate surface area is 124 Å². The van der Waals surface area contributed by atoms with E-state index in [9.17, 15) is 0 Å². The van der Waals surface area contributed by atoms with Gasteiger partial charge in [-0.1, -0.05) is 18.2 Å². The zero-order valence-corrected chi connectivity index (χ0v) is 12.8. The predicted octanol–water partition coefficient (Wildman–Crippen LogP) is 4.56. The molecule has 2 atom stereocenters. The van der Waals surface area contributed by atoms with Crippen molar-refractivity contribution in [3.05, 3.63) is 52.2 Å². The minimum absolute atomic E-state index is 0.331. The molecule has 1 aliphatic carbocycles. The Hall–Kier alpha value is -1.32. The fourth-order valence-electron chi connectivity index (χ4n) is 2.62. The third-order valence-corrected chi connectivity index (χ3v) is 4.92. The van der Waals surface area contributed by atoms with E-state index < -0.39 is 0 Å². The number of methoxy groups -OCH3 is 1. The van der Waals surface area contributed by atoms with Gasteiger partial charge in [0.1, 0.15) is 5.75 Å². The van der Waals surface area contributed by atoms with Gasteiger partial charge in [-0.25, -0.2) is 0 Å². The summed E-state index contributed by atoms with van der Waals surface area (Å²) in [6.07, 6.45) is 2.70. The lowest BCUT2D eigenvalue weighted by Crippen LogP contribution is -2.25. The SMILES string of the molecule is COc1cccc([C@H](C)NC(c2cccs2)C2CC2)c1. The van der Waals surface area contributed by atoms with Gasteiger partial charge in [0.15, 0.2) is 0 Å². The highest BCUT2D eigenvalue weighted by molar-refractivity contribution is 7.10. The van der Waals surface area contributed by atoms with Crippen molar-refractivity contribution >= 4 is 11.3 Å². The molecule has 1 heterocycles. The summed E-state index contributed by atoms with van der Waals surface area (Å²) < 4.78 is 5.32. The van der Waals surface area contributed by atoms with E-state index in [0.29, 0.717) is 12.1 Å². The number of hydrogen-bond donors (Lipinski definition) is 1. The molecular weight excluding hydrogens is 266 g/mol. The van der Waals surface area contributed by atoms with E-state index in [2.05, 4.69) is 48.0 Å². The average molecular weight is 287 g/mol. The van der Waals surface area contributed by atoms with Crippen LogP contribution in [-0.2, 0) is 0 Å². The summed E-state index contributed by atoms with van der Waals surface area (Å²) in [5.41, 5.74) is 1.28. The van der Waals surface area contributed by atoms with Crippen LogP contribution < -0.4 is 10.1 Å². The number of rotatable bonds is 6. The smallest absolute Gasteiger partial charge is 0.119 e. The number of ether oxygens (including phenoxy) is 1. The molecule has 1 unspecified atom stereocenters. The maximum atomic E-state index is 5.32. The molecule has 0 amide bonds. The van der Waals surface area contributed by atoms with E-state index >= 15 is 0 Å². The lowest BCUT2D eigenvalue weighted by atomic mass is 10.0. The first-order chi connectivity index (χ1) is 9.78. The number of thiophene rings is 1. The number of hydrogen-bond acceptors (Lipinski definition) is 3. The van der Waals surface area contributed by atoms with Crippen molar-refractivity contribution in [3.8, 4) is 5.75 Å². The summed E-state index contributed by atoms with van der Waals surface area (Å²) in [5.74, 6) is 1.73. The van der Waals surface area contributed by atoms with E-state index in [1.54, 1.807) is 7.11 Å². The minimum atomic E-state index is 0.331. The summed E-state index contributed by atoms with van der Waals surface area (Å²) in [6.45, 7) is 2.23. The van der Waals surface area contributed by atoms with Crippen LogP contribution in [0.2, 0.25) is 0 Å². The molecule has 0 bridgehead atoms. The number of nitrogens with one attached hydrogen (secondary N) is 1. The van der Waals surface area contributed by atoms with Gasteiger partial charge in [-0.3, -0.25) is 0 Å². The van der Waals surface area contributed by atoms with Gasteiger partial charge < -0.3 is 10.1 Å². The average Bonchev–Trinajstić information content (AvgIpc) is 3.18. The zero-order chi connectivity index (χ0) is 13.9. The summed E-state index contributed by atoms with van der Waals surface area (Å²) in [6, 6.07) is 13.6. The lowest BCUT2D eigenvalue weighted by molar-refractivity contribution is 0.409. The van der Waals surface area contributed by atoms with Crippen LogP contribution in [0, 0.1) is 5.92 Å². The Bertz CT molecular complexity index is 548. The van der Waals surface area contributed by atoms with Crippen molar-refractivity contribution in [1.82, 2.24) is 5.32 Å². The Balaban J connectivity index is 1.74. The number of benzene rings is 1. The van der Waals surface area contributed by atoms with Crippen molar-refractivity contribution < 1.29 is 4.74 Å². The second-order valence-electron chi connectivity index (χ2n) is 5.50. The zero-order valence-electron chi connectivity index (χ0n) is 12.0. The molecule has 0 spiro atoms. The second-order valence-corrected chi connectivity index (χ2v) is 6.47. The van der Waals surface area contributed by atoms with Crippen molar-refractivity contribution in [2.45, 2.75) is 31.8 Å². The van der Waals surface area contributed by atoms with Crippen LogP contribution in [-0.4, -0.2) is 7.11 Å². The molecule has 1 N–H and O–H groups in total. The van der Waals surface area contributed by atoms with Crippen LogP contribution in [0.25, 0.3) is 0 Å². The standard InChI is InChI=1S/C17H21NOS/c1-12(14-5-3-6-15(11-14)19-2)18-17(13-8-9-13)16-7-4-10-20-16/h3-7,10-13,17-18H,8-9H2,1-2H3/t12-,17?/m0/s1. The molecule has 1 aromatic carbocycles. The molecule has 1 saturated carbocycles. The molecule has 2 aromatic rings. The van der Waals surface area contributed by atoms with Gasteiger partial charge in [0.2, 0.25) is 0 Å². The monoisotopic (exact) mass is 287 g/mol. The van der Waals surface area contributed by atoms with E-state index in [1.165, 1.54) is 23.3 Å². The molecule has 3 heteroatoms. The fraction of sp³-hybridized carbons (Fsp3) is 0.412. The van der Waals surface area contributed by atoms with Crippen LogP contribution >= 0.6 is 11.3 Å². The maximum Gasteiger partial charge on any atom is 0.119 e. The highest BCUT2D eigenvalue weighted by atomic mass is 32.1. The summed E-state index contributed by atoms with van der Waals surface area (Å²) in [5, 5.41) is 5.97. The Kier molecular flexibility index (Phi) is 4.08. The summed E-state index contributed by atoms with van der Waals surface area (Å²) in [4.78, 5) is 1.46. The molecule has 1 aromatic heterocycles. The quantitative estimate of drug-likeness (QED) is 0.841. The van der Waals surface area contributed by atoms with Gasteiger partial charge in [0, 0.05) is 17.0 Å². The molecule has 2 nitrogen and oxygen atoms in total. The van der Waals surface area contributed by atoms with Crippen molar-refractivity contribution in [2.24, 2.45) is 5.92 Å². The fourth-order valence-corrected chi connectivity index (χ4v) is 3.50. The molecule has 20 heavy (non-hydrogen) atoms. The second kappa shape index (κ2) is 5.98. The molecule has 0 saturated heterocycles. The van der Waals surface area contributed by atoms with Gasteiger partial charge >= 0.3 is 0 Å². The van der Waals surface area contributed by atoms with Gasteiger partial charge in [-0.15, -0.1) is 11.3 Å². The topological polar surface area (TPSA) is 21.3 Å². The van der Waals surface area contributed by atoms with Crippen molar-refractivity contribution in [3.63, 3.8) is 0 Å². The molecular formula is C17H21NOS. The Morgan fingerprint density at radius 3 is 2.75 bits per heavy atom. The highest BCUT2D eigenvalue weighted by Crippen LogP contribution is 2.43. The molecule has 3 rings (SSSR count). The summed E-state index contributed by atoms with van der Waals surface area (Å²) >= 11 is 1.86. The molecule has 0 aliphatic heterocycles. The third-order valence-electron chi connectivity index (χ3n) is 3.97. The molecule has 106 valence electrons. The van der Waals surface area contributed by atoms with Crippen LogP contribution in [0.5, 0.6) is 5.75 Å². The first-order valence-electron chi connectivity index (χ1n) is 7.21. The van der Waals surface area contributed by atoms with Crippen LogP contribution in [0.4, 0.5) is 0 Å². The predicted molar refractivity (Wildman–Crippen MR) is 84.3 cm³/mol. The largest absolute Gasteiger partial charge is 0.497 e. The van der Waals surface area contributed by atoms with Crippen LogP contribution in [0.15, 0.2) is 41.8 Å². The summed E-state index contributed by atoms with van der Waals surface area (Å²) in [7, 11) is 1.72.